The first-order valence-corrected chi connectivity index (χ1v) is 11.2. The summed E-state index contributed by atoms with van der Waals surface area (Å²) < 4.78 is 27.1. The fourth-order valence-corrected chi connectivity index (χ4v) is 4.86. The van der Waals surface area contributed by atoms with Crippen LogP contribution in [0.25, 0.3) is 0 Å². The van der Waals surface area contributed by atoms with Gasteiger partial charge in [-0.3, -0.25) is 9.10 Å². The van der Waals surface area contributed by atoms with Crippen LogP contribution in [0.2, 0.25) is 0 Å². The van der Waals surface area contributed by atoms with E-state index in [1.807, 2.05) is 38.1 Å². The lowest BCUT2D eigenvalue weighted by Crippen LogP contribution is -2.28. The molecule has 0 atom stereocenters. The maximum Gasteiger partial charge on any atom is 0.267 e. The van der Waals surface area contributed by atoms with Crippen molar-refractivity contribution in [2.75, 3.05) is 16.7 Å². The van der Waals surface area contributed by atoms with Crippen LogP contribution in [0.5, 0.6) is 0 Å². The molecule has 0 aliphatic rings. The zero-order valence-electron chi connectivity index (χ0n) is 16.0. The molecule has 0 bridgehead atoms. The molecule has 0 aliphatic heterocycles. The first-order chi connectivity index (χ1) is 13.3. The summed E-state index contributed by atoms with van der Waals surface area (Å²) in [6.07, 6.45) is 0.867. The minimum Gasteiger partial charge on any atom is -0.321 e. The maximum atomic E-state index is 13.0. The number of benzene rings is 2. The number of amides is 1. The van der Waals surface area contributed by atoms with Gasteiger partial charge < -0.3 is 5.32 Å². The minimum atomic E-state index is -3.76. The molecule has 5 nitrogen and oxygen atoms in total. The van der Waals surface area contributed by atoms with Crippen LogP contribution in [0.1, 0.15) is 27.7 Å². The number of nitrogens with zero attached hydrogens (tertiary/aromatic N) is 1. The van der Waals surface area contributed by atoms with Gasteiger partial charge in [-0.1, -0.05) is 36.8 Å². The van der Waals surface area contributed by atoms with E-state index >= 15 is 0 Å². The molecule has 0 radical (unpaired) electrons. The van der Waals surface area contributed by atoms with E-state index in [1.54, 1.807) is 35.7 Å². The number of thiophene rings is 1. The molecule has 0 aliphatic carbocycles. The monoisotopic (exact) mass is 414 g/mol. The topological polar surface area (TPSA) is 66.5 Å². The second-order valence-corrected chi connectivity index (χ2v) is 9.31. The van der Waals surface area contributed by atoms with E-state index in [0.717, 1.165) is 21.9 Å². The van der Waals surface area contributed by atoms with Gasteiger partial charge in [-0.25, -0.2) is 8.42 Å². The Morgan fingerprint density at radius 2 is 1.82 bits per heavy atom. The zero-order chi connectivity index (χ0) is 20.3. The Morgan fingerprint density at radius 1 is 1.11 bits per heavy atom. The summed E-state index contributed by atoms with van der Waals surface area (Å²) in [7, 11) is -2.29. The highest BCUT2D eigenvalue weighted by atomic mass is 32.2. The van der Waals surface area contributed by atoms with Gasteiger partial charge in [0.15, 0.2) is 0 Å². The zero-order valence-corrected chi connectivity index (χ0v) is 17.6. The Hall–Kier alpha value is -2.64. The van der Waals surface area contributed by atoms with Gasteiger partial charge in [-0.2, -0.15) is 0 Å². The third-order valence-corrected chi connectivity index (χ3v) is 7.15. The number of anilines is 2. The van der Waals surface area contributed by atoms with Gasteiger partial charge in [0.25, 0.3) is 15.9 Å². The van der Waals surface area contributed by atoms with Crippen molar-refractivity contribution in [3.63, 3.8) is 0 Å². The summed E-state index contributed by atoms with van der Waals surface area (Å²) in [6.45, 7) is 3.94. The van der Waals surface area contributed by atoms with Crippen molar-refractivity contribution in [1.29, 1.82) is 0 Å². The van der Waals surface area contributed by atoms with E-state index in [-0.39, 0.29) is 10.8 Å². The molecular formula is C21H22N2O3S2. The molecule has 1 N–H and O–H groups in total. The van der Waals surface area contributed by atoms with Gasteiger partial charge >= 0.3 is 0 Å². The van der Waals surface area contributed by atoms with Crippen molar-refractivity contribution in [3.05, 3.63) is 76.0 Å². The predicted molar refractivity (Wildman–Crippen MR) is 115 cm³/mol. The average molecular weight is 415 g/mol. The van der Waals surface area contributed by atoms with Gasteiger partial charge in [0.2, 0.25) is 0 Å². The SMILES string of the molecule is CCc1cccc(NC(=O)c2sccc2N(C)S(=O)(=O)c2ccc(C)cc2)c1. The Labute approximate surface area is 169 Å². The van der Waals surface area contributed by atoms with Crippen molar-refractivity contribution in [2.45, 2.75) is 25.2 Å². The summed E-state index contributed by atoms with van der Waals surface area (Å²) in [5.74, 6) is -0.329. The van der Waals surface area contributed by atoms with Crippen LogP contribution >= 0.6 is 11.3 Å². The van der Waals surface area contributed by atoms with Crippen LogP contribution in [0, 0.1) is 6.92 Å². The van der Waals surface area contributed by atoms with E-state index < -0.39 is 10.0 Å². The third-order valence-electron chi connectivity index (χ3n) is 4.46. The molecule has 28 heavy (non-hydrogen) atoms. The van der Waals surface area contributed by atoms with Crippen molar-refractivity contribution in [3.8, 4) is 0 Å². The predicted octanol–water partition coefficient (Wildman–Crippen LogP) is 4.70. The Balaban J connectivity index is 1.88. The maximum absolute atomic E-state index is 13.0. The molecule has 0 saturated carbocycles. The van der Waals surface area contributed by atoms with Crippen molar-refractivity contribution < 1.29 is 13.2 Å². The van der Waals surface area contributed by atoms with Crippen LogP contribution in [0.15, 0.2) is 64.9 Å². The number of rotatable bonds is 6. The number of carbonyl (C=O) groups excluding carboxylic acids is 1. The molecule has 0 unspecified atom stereocenters. The molecular weight excluding hydrogens is 392 g/mol. The second-order valence-electron chi connectivity index (χ2n) is 6.43. The fraction of sp³-hybridized carbons (Fsp3) is 0.190. The highest BCUT2D eigenvalue weighted by Crippen LogP contribution is 2.30. The number of carbonyl (C=O) groups is 1. The molecule has 1 heterocycles. The third kappa shape index (κ3) is 4.10. The lowest BCUT2D eigenvalue weighted by molar-refractivity contribution is 0.103. The van der Waals surface area contributed by atoms with Crippen LogP contribution in [-0.2, 0) is 16.4 Å². The highest BCUT2D eigenvalue weighted by Gasteiger charge is 2.26. The molecule has 146 valence electrons. The van der Waals surface area contributed by atoms with Crippen molar-refractivity contribution in [2.24, 2.45) is 0 Å². The number of aryl methyl sites for hydroxylation is 2. The first kappa shape index (κ1) is 20.1. The molecule has 2 aromatic carbocycles. The van der Waals surface area contributed by atoms with Crippen molar-refractivity contribution >= 4 is 38.6 Å². The summed E-state index contributed by atoms with van der Waals surface area (Å²) >= 11 is 1.21. The molecule has 0 saturated heterocycles. The Morgan fingerprint density at radius 3 is 2.50 bits per heavy atom. The van der Waals surface area contributed by atoms with E-state index in [9.17, 15) is 13.2 Å². The minimum absolute atomic E-state index is 0.189. The molecule has 0 fully saturated rings. The van der Waals surface area contributed by atoms with E-state index in [2.05, 4.69) is 5.32 Å². The fourth-order valence-electron chi connectivity index (χ4n) is 2.78. The van der Waals surface area contributed by atoms with Crippen LogP contribution in [-0.4, -0.2) is 21.4 Å². The standard InChI is InChI=1S/C21H22N2O3S2/c1-4-16-6-5-7-17(14-16)22-21(24)20-19(12-13-27-20)23(3)28(25,26)18-10-8-15(2)9-11-18/h5-14H,4H2,1-3H3,(H,22,24). The number of hydrogen-bond acceptors (Lipinski definition) is 4. The number of nitrogens with one attached hydrogen (secondary N) is 1. The van der Waals surface area contributed by atoms with E-state index in [0.29, 0.717) is 16.3 Å². The molecule has 1 aromatic heterocycles. The molecule has 7 heteroatoms. The normalized spacial score (nSPS) is 11.2. The summed E-state index contributed by atoms with van der Waals surface area (Å²) in [5.41, 5.74) is 3.14. The Kier molecular flexibility index (Phi) is 5.86. The molecule has 3 rings (SSSR count). The average Bonchev–Trinajstić information content (AvgIpc) is 3.17. The molecule has 0 spiro atoms. The van der Waals surface area contributed by atoms with Crippen LogP contribution in [0.4, 0.5) is 11.4 Å². The highest BCUT2D eigenvalue weighted by molar-refractivity contribution is 7.92. The lowest BCUT2D eigenvalue weighted by Gasteiger charge is -2.20. The summed E-state index contributed by atoms with van der Waals surface area (Å²) in [6, 6.07) is 15.9. The number of hydrogen-bond donors (Lipinski definition) is 1. The van der Waals surface area contributed by atoms with Gasteiger partial charge in [0.05, 0.1) is 10.6 Å². The smallest absolute Gasteiger partial charge is 0.267 e. The summed E-state index contributed by atoms with van der Waals surface area (Å²) in [5, 5.41) is 4.58. The van der Waals surface area contributed by atoms with Crippen molar-refractivity contribution in [1.82, 2.24) is 0 Å². The number of sulfonamides is 1. The first-order valence-electron chi connectivity index (χ1n) is 8.86. The van der Waals surface area contributed by atoms with Gasteiger partial charge in [-0.15, -0.1) is 11.3 Å². The van der Waals surface area contributed by atoms with Crippen LogP contribution in [0.3, 0.4) is 0 Å². The summed E-state index contributed by atoms with van der Waals surface area (Å²) in [4.78, 5) is 13.3. The second kappa shape index (κ2) is 8.16. The van der Waals surface area contributed by atoms with Crippen LogP contribution < -0.4 is 9.62 Å². The Bertz CT molecular complexity index is 1090. The van der Waals surface area contributed by atoms with Gasteiger partial charge in [0.1, 0.15) is 4.88 Å². The quantitative estimate of drug-likeness (QED) is 0.636. The molecule has 3 aromatic rings. The van der Waals surface area contributed by atoms with Gasteiger partial charge in [-0.05, 0) is 54.6 Å². The van der Waals surface area contributed by atoms with Gasteiger partial charge in [0, 0.05) is 12.7 Å². The van der Waals surface area contributed by atoms with E-state index in [4.69, 9.17) is 0 Å². The lowest BCUT2D eigenvalue weighted by atomic mass is 10.1. The van der Waals surface area contributed by atoms with E-state index in [1.165, 1.54) is 18.4 Å². The molecule has 1 amide bonds. The largest absolute Gasteiger partial charge is 0.321 e.